The Bertz CT molecular complexity index is 877. The minimum absolute atomic E-state index is 0.105. The van der Waals surface area contributed by atoms with Crippen molar-refractivity contribution in [2.45, 2.75) is 31.4 Å². The van der Waals surface area contributed by atoms with Gasteiger partial charge in [-0.2, -0.15) is 0 Å². The molecule has 1 atom stereocenters. The van der Waals surface area contributed by atoms with Crippen LogP contribution in [0.2, 0.25) is 0 Å². The van der Waals surface area contributed by atoms with Gasteiger partial charge in [0.25, 0.3) is 0 Å². The molecule has 1 N–H and O–H groups in total. The van der Waals surface area contributed by atoms with Gasteiger partial charge >= 0.3 is 0 Å². The number of benzene rings is 2. The van der Waals surface area contributed by atoms with Crippen LogP contribution in [-0.4, -0.2) is 79.7 Å². The number of para-hydroxylation sites is 1. The maximum absolute atomic E-state index is 13.8. The fraction of sp³-hybridized carbons (Fsp3) is 0.538. The highest BCUT2D eigenvalue weighted by Crippen LogP contribution is 2.26. The van der Waals surface area contributed by atoms with Crippen LogP contribution in [0.4, 0.5) is 4.39 Å². The summed E-state index contributed by atoms with van der Waals surface area (Å²) in [5, 5.41) is 11.0. The Kier molecular flexibility index (Phi) is 8.56. The zero-order valence-electron chi connectivity index (χ0n) is 19.3. The first-order valence-corrected chi connectivity index (χ1v) is 11.9. The highest BCUT2D eigenvalue weighted by molar-refractivity contribution is 5.28. The molecular formula is C26H35FN2O4. The lowest BCUT2D eigenvalue weighted by molar-refractivity contribution is -0.0177. The summed E-state index contributed by atoms with van der Waals surface area (Å²) >= 11 is 0. The lowest BCUT2D eigenvalue weighted by Crippen LogP contribution is -2.38. The lowest BCUT2D eigenvalue weighted by atomic mass is 9.96. The van der Waals surface area contributed by atoms with Crippen molar-refractivity contribution in [1.29, 1.82) is 0 Å². The Hall–Kier alpha value is -2.19. The van der Waals surface area contributed by atoms with E-state index in [2.05, 4.69) is 21.9 Å². The second-order valence-electron chi connectivity index (χ2n) is 9.02. The number of likely N-dealkylation sites (tertiary alicyclic amines) is 1. The Morgan fingerprint density at radius 2 is 1.79 bits per heavy atom. The number of hydrogen-bond acceptors (Lipinski definition) is 6. The van der Waals surface area contributed by atoms with Gasteiger partial charge < -0.3 is 19.3 Å². The third-order valence-corrected chi connectivity index (χ3v) is 6.43. The van der Waals surface area contributed by atoms with Crippen LogP contribution in [-0.2, 0) is 11.3 Å². The van der Waals surface area contributed by atoms with Crippen LogP contribution in [0.5, 0.6) is 11.5 Å². The predicted octanol–water partition coefficient (Wildman–Crippen LogP) is 3.33. The maximum atomic E-state index is 13.8. The minimum atomic E-state index is -0.943. The first-order chi connectivity index (χ1) is 16.1. The quantitative estimate of drug-likeness (QED) is 0.622. The molecule has 0 radical (unpaired) electrons. The van der Waals surface area contributed by atoms with E-state index in [1.165, 1.54) is 11.6 Å². The molecule has 33 heavy (non-hydrogen) atoms. The molecule has 4 rings (SSSR count). The van der Waals surface area contributed by atoms with E-state index in [-0.39, 0.29) is 12.4 Å². The fourth-order valence-corrected chi connectivity index (χ4v) is 4.42. The van der Waals surface area contributed by atoms with Crippen molar-refractivity contribution < 1.29 is 23.7 Å². The molecule has 0 unspecified atom stereocenters. The number of nitrogens with zero attached hydrogens (tertiary/aromatic N) is 2. The van der Waals surface area contributed by atoms with Gasteiger partial charge in [-0.25, -0.2) is 4.39 Å². The third kappa shape index (κ3) is 7.40. The van der Waals surface area contributed by atoms with Gasteiger partial charge in [0.2, 0.25) is 0 Å². The van der Waals surface area contributed by atoms with Crippen molar-refractivity contribution in [2.24, 2.45) is 0 Å². The first kappa shape index (κ1) is 24.0. The van der Waals surface area contributed by atoms with E-state index >= 15 is 0 Å². The maximum Gasteiger partial charge on any atom is 0.165 e. The van der Waals surface area contributed by atoms with Crippen molar-refractivity contribution in [3.8, 4) is 11.5 Å². The van der Waals surface area contributed by atoms with Crippen LogP contribution in [0.15, 0.2) is 48.5 Å². The van der Waals surface area contributed by atoms with Gasteiger partial charge in [-0.15, -0.1) is 0 Å². The molecule has 0 spiro atoms. The molecule has 2 heterocycles. The van der Waals surface area contributed by atoms with Crippen molar-refractivity contribution in [2.75, 3.05) is 59.2 Å². The standard InChI is InChI=1S/C26H35FN2O4/c27-24-7-1-2-8-25(24)33-21-26(30)9-4-11-29(12-10-26)20-22-5-3-6-23(19-22)32-18-15-28-13-16-31-17-14-28/h1-3,5-8,19,30H,4,9-18,20-21H2/t26-/m1/s1. The summed E-state index contributed by atoms with van der Waals surface area (Å²) in [6.07, 6.45) is 2.10. The minimum Gasteiger partial charge on any atom is -0.492 e. The highest BCUT2D eigenvalue weighted by atomic mass is 19.1. The molecule has 6 nitrogen and oxygen atoms in total. The van der Waals surface area contributed by atoms with Gasteiger partial charge in [-0.05, 0) is 55.6 Å². The second kappa shape index (κ2) is 11.8. The van der Waals surface area contributed by atoms with E-state index in [1.54, 1.807) is 18.2 Å². The Labute approximate surface area is 195 Å². The molecule has 0 amide bonds. The summed E-state index contributed by atoms with van der Waals surface area (Å²) in [5.74, 6) is 0.686. The Balaban J connectivity index is 1.24. The van der Waals surface area contributed by atoms with Gasteiger partial charge in [-0.3, -0.25) is 9.80 Å². The van der Waals surface area contributed by atoms with Gasteiger partial charge in [0, 0.05) is 32.7 Å². The molecule has 0 saturated carbocycles. The second-order valence-corrected chi connectivity index (χ2v) is 9.02. The van der Waals surface area contributed by atoms with E-state index < -0.39 is 11.4 Å². The summed E-state index contributed by atoms with van der Waals surface area (Å²) in [6.45, 7) is 7.70. The molecule has 0 aliphatic carbocycles. The smallest absolute Gasteiger partial charge is 0.165 e. The van der Waals surface area contributed by atoms with Gasteiger partial charge in [0.05, 0.1) is 18.8 Å². The molecule has 0 aromatic heterocycles. The number of rotatable bonds is 9. The average molecular weight is 459 g/mol. The largest absolute Gasteiger partial charge is 0.492 e. The molecule has 0 bridgehead atoms. The van der Waals surface area contributed by atoms with Crippen molar-refractivity contribution >= 4 is 0 Å². The number of halogens is 1. The topological polar surface area (TPSA) is 54.4 Å². The molecular weight excluding hydrogens is 423 g/mol. The molecule has 2 aromatic carbocycles. The Morgan fingerprint density at radius 3 is 2.64 bits per heavy atom. The van der Waals surface area contributed by atoms with Crippen LogP contribution in [0.1, 0.15) is 24.8 Å². The normalized spacial score (nSPS) is 22.6. The monoisotopic (exact) mass is 458 g/mol. The average Bonchev–Trinajstić information content (AvgIpc) is 3.01. The van der Waals surface area contributed by atoms with E-state index in [0.717, 1.165) is 64.7 Å². The van der Waals surface area contributed by atoms with Gasteiger partial charge in [0.15, 0.2) is 11.6 Å². The van der Waals surface area contributed by atoms with Crippen LogP contribution in [0, 0.1) is 5.82 Å². The molecule has 2 aliphatic rings. The molecule has 180 valence electrons. The summed E-state index contributed by atoms with van der Waals surface area (Å²) in [5.41, 5.74) is 0.258. The molecule has 2 aromatic rings. The van der Waals surface area contributed by atoms with Crippen molar-refractivity contribution in [3.63, 3.8) is 0 Å². The molecule has 2 fully saturated rings. The van der Waals surface area contributed by atoms with Crippen molar-refractivity contribution in [1.82, 2.24) is 9.80 Å². The van der Waals surface area contributed by atoms with E-state index in [0.29, 0.717) is 19.4 Å². The van der Waals surface area contributed by atoms with Crippen molar-refractivity contribution in [3.05, 3.63) is 59.9 Å². The molecule has 2 saturated heterocycles. The van der Waals surface area contributed by atoms with Crippen LogP contribution < -0.4 is 9.47 Å². The summed E-state index contributed by atoms with van der Waals surface area (Å²) in [4.78, 5) is 4.72. The summed E-state index contributed by atoms with van der Waals surface area (Å²) < 4.78 is 30.8. The SMILES string of the molecule is O[C@]1(COc2ccccc2F)CCCN(Cc2cccc(OCCN3CCOCC3)c2)CC1. The molecule has 2 aliphatic heterocycles. The Morgan fingerprint density at radius 1 is 0.939 bits per heavy atom. The summed E-state index contributed by atoms with van der Waals surface area (Å²) in [6, 6.07) is 14.6. The van der Waals surface area contributed by atoms with Gasteiger partial charge in [0.1, 0.15) is 19.0 Å². The van der Waals surface area contributed by atoms with E-state index in [9.17, 15) is 9.50 Å². The zero-order chi connectivity index (χ0) is 22.9. The van der Waals surface area contributed by atoms with Gasteiger partial charge in [-0.1, -0.05) is 24.3 Å². The lowest BCUT2D eigenvalue weighted by Gasteiger charge is -2.27. The van der Waals surface area contributed by atoms with E-state index in [4.69, 9.17) is 14.2 Å². The number of hydrogen-bond donors (Lipinski definition) is 1. The fourth-order valence-electron chi connectivity index (χ4n) is 4.42. The van der Waals surface area contributed by atoms with Crippen LogP contribution >= 0.6 is 0 Å². The number of aliphatic hydroxyl groups is 1. The van der Waals surface area contributed by atoms with Crippen LogP contribution in [0.25, 0.3) is 0 Å². The van der Waals surface area contributed by atoms with E-state index in [1.807, 2.05) is 12.1 Å². The number of morpholine rings is 1. The first-order valence-electron chi connectivity index (χ1n) is 11.9. The van der Waals surface area contributed by atoms with Crippen LogP contribution in [0.3, 0.4) is 0 Å². The number of ether oxygens (including phenoxy) is 3. The summed E-state index contributed by atoms with van der Waals surface area (Å²) in [7, 11) is 0. The third-order valence-electron chi connectivity index (χ3n) is 6.43. The highest BCUT2D eigenvalue weighted by Gasteiger charge is 2.31. The predicted molar refractivity (Wildman–Crippen MR) is 125 cm³/mol. The molecule has 7 heteroatoms. The zero-order valence-corrected chi connectivity index (χ0v) is 19.3.